The van der Waals surface area contributed by atoms with Gasteiger partial charge in [-0.3, -0.25) is 9.59 Å². The second-order valence-electron chi connectivity index (χ2n) is 8.87. The van der Waals surface area contributed by atoms with Gasteiger partial charge in [0.2, 0.25) is 21.8 Å². The molecule has 2 aromatic carbocycles. The van der Waals surface area contributed by atoms with Gasteiger partial charge in [-0.1, -0.05) is 0 Å². The SMILES string of the molecule is CN1C(=O)C(C)(C)c2cc(S(=O)(=O)N3CCCC(C(=O)Nc4ccc(F)cc4)C3)ccc21. The van der Waals surface area contributed by atoms with Gasteiger partial charge in [-0.25, -0.2) is 12.8 Å². The van der Waals surface area contributed by atoms with E-state index in [0.717, 1.165) is 0 Å². The van der Waals surface area contributed by atoms with Crippen molar-refractivity contribution in [2.24, 2.45) is 5.92 Å². The molecule has 170 valence electrons. The first-order valence-electron chi connectivity index (χ1n) is 10.5. The number of halogens is 1. The lowest BCUT2D eigenvalue weighted by Crippen LogP contribution is -2.43. The Morgan fingerprint density at radius 2 is 1.84 bits per heavy atom. The van der Waals surface area contributed by atoms with Gasteiger partial charge in [-0.15, -0.1) is 0 Å². The predicted octanol–water partition coefficient (Wildman–Crippen LogP) is 3.12. The monoisotopic (exact) mass is 459 g/mol. The van der Waals surface area contributed by atoms with Crippen molar-refractivity contribution in [3.8, 4) is 0 Å². The van der Waals surface area contributed by atoms with Crippen LogP contribution in [0.2, 0.25) is 0 Å². The molecular weight excluding hydrogens is 433 g/mol. The number of carbonyl (C=O) groups excluding carboxylic acids is 2. The van der Waals surface area contributed by atoms with Crippen LogP contribution in [-0.2, 0) is 25.0 Å². The van der Waals surface area contributed by atoms with Crippen molar-refractivity contribution in [1.29, 1.82) is 0 Å². The number of nitrogens with zero attached hydrogens (tertiary/aromatic N) is 2. The number of anilines is 2. The van der Waals surface area contributed by atoms with Crippen molar-refractivity contribution in [2.75, 3.05) is 30.4 Å². The standard InChI is InChI=1S/C23H26FN3O4S/c1-23(2)19-13-18(10-11-20(19)26(3)22(23)29)32(30,31)27-12-4-5-15(14-27)21(28)25-17-8-6-16(24)7-9-17/h6-11,13,15H,4-5,12,14H2,1-3H3,(H,25,28). The van der Waals surface area contributed by atoms with E-state index in [2.05, 4.69) is 5.32 Å². The Kier molecular flexibility index (Phi) is 5.58. The molecule has 2 aromatic rings. The fraction of sp³-hybridized carbons (Fsp3) is 0.391. The van der Waals surface area contributed by atoms with Crippen molar-refractivity contribution in [1.82, 2.24) is 4.31 Å². The van der Waals surface area contributed by atoms with Crippen molar-refractivity contribution >= 4 is 33.2 Å². The smallest absolute Gasteiger partial charge is 0.243 e. The van der Waals surface area contributed by atoms with E-state index < -0.39 is 27.2 Å². The third-order valence-corrected chi connectivity index (χ3v) is 8.21. The Hall–Kier alpha value is -2.78. The normalized spacial score (nSPS) is 20.8. The van der Waals surface area contributed by atoms with Crippen LogP contribution in [0.5, 0.6) is 0 Å². The zero-order valence-corrected chi connectivity index (χ0v) is 19.1. The molecule has 0 aliphatic carbocycles. The maximum Gasteiger partial charge on any atom is 0.243 e. The van der Waals surface area contributed by atoms with Gasteiger partial charge >= 0.3 is 0 Å². The Morgan fingerprint density at radius 1 is 1.16 bits per heavy atom. The minimum Gasteiger partial charge on any atom is -0.326 e. The highest BCUT2D eigenvalue weighted by Crippen LogP contribution is 2.42. The quantitative estimate of drug-likeness (QED) is 0.761. The van der Waals surface area contributed by atoms with Crippen molar-refractivity contribution < 1.29 is 22.4 Å². The van der Waals surface area contributed by atoms with Crippen LogP contribution in [0.15, 0.2) is 47.4 Å². The lowest BCUT2D eigenvalue weighted by atomic mass is 9.86. The largest absolute Gasteiger partial charge is 0.326 e. The van der Waals surface area contributed by atoms with E-state index in [0.29, 0.717) is 36.3 Å². The maximum atomic E-state index is 13.4. The summed E-state index contributed by atoms with van der Waals surface area (Å²) in [7, 11) is -2.16. The minimum absolute atomic E-state index is 0.0642. The molecule has 1 atom stereocenters. The molecule has 1 unspecified atom stereocenters. The number of hydrogen-bond acceptors (Lipinski definition) is 4. The zero-order valence-electron chi connectivity index (χ0n) is 18.3. The van der Waals surface area contributed by atoms with Crippen LogP contribution in [0.25, 0.3) is 0 Å². The molecule has 2 heterocycles. The molecule has 0 radical (unpaired) electrons. The summed E-state index contributed by atoms with van der Waals surface area (Å²) in [5, 5.41) is 2.73. The Labute approximate surface area is 187 Å². The van der Waals surface area contributed by atoms with Crippen LogP contribution < -0.4 is 10.2 Å². The summed E-state index contributed by atoms with van der Waals surface area (Å²) in [6, 6.07) is 10.2. The average molecular weight is 460 g/mol. The number of benzene rings is 2. The molecule has 1 fully saturated rings. The number of piperidine rings is 1. The first-order chi connectivity index (χ1) is 15.0. The molecule has 0 saturated carbocycles. The fourth-order valence-corrected chi connectivity index (χ4v) is 5.96. The molecule has 2 amide bonds. The first-order valence-corrected chi connectivity index (χ1v) is 11.9. The summed E-state index contributed by atoms with van der Waals surface area (Å²) >= 11 is 0. The molecular formula is C23H26FN3O4S. The van der Waals surface area contributed by atoms with E-state index in [1.165, 1.54) is 34.6 Å². The van der Waals surface area contributed by atoms with E-state index >= 15 is 0 Å². The van der Waals surface area contributed by atoms with Gasteiger partial charge in [-0.2, -0.15) is 4.31 Å². The second-order valence-corrected chi connectivity index (χ2v) is 10.8. The Morgan fingerprint density at radius 3 is 2.53 bits per heavy atom. The highest BCUT2D eigenvalue weighted by molar-refractivity contribution is 7.89. The van der Waals surface area contributed by atoms with Crippen LogP contribution >= 0.6 is 0 Å². The average Bonchev–Trinajstić information content (AvgIpc) is 2.95. The van der Waals surface area contributed by atoms with Gasteiger partial charge < -0.3 is 10.2 Å². The lowest BCUT2D eigenvalue weighted by molar-refractivity contribution is -0.122. The topological polar surface area (TPSA) is 86.8 Å². The molecule has 2 aliphatic heterocycles. The molecule has 0 aromatic heterocycles. The van der Waals surface area contributed by atoms with Gasteiger partial charge in [-0.05, 0) is 74.7 Å². The van der Waals surface area contributed by atoms with Gasteiger partial charge in [0.25, 0.3) is 0 Å². The summed E-state index contributed by atoms with van der Waals surface area (Å²) in [6.07, 6.45) is 1.12. The number of hydrogen-bond donors (Lipinski definition) is 1. The van der Waals surface area contributed by atoms with Crippen molar-refractivity contribution in [2.45, 2.75) is 37.0 Å². The number of rotatable bonds is 4. The van der Waals surface area contributed by atoms with Gasteiger partial charge in [0.15, 0.2) is 0 Å². The molecule has 4 rings (SSSR count). The van der Waals surface area contributed by atoms with Gasteiger partial charge in [0.1, 0.15) is 5.82 Å². The van der Waals surface area contributed by atoms with Crippen LogP contribution in [0.1, 0.15) is 32.3 Å². The van der Waals surface area contributed by atoms with Gasteiger partial charge in [0, 0.05) is 31.5 Å². The first kappa shape index (κ1) is 22.4. The summed E-state index contributed by atoms with van der Waals surface area (Å²) in [5.41, 5.74) is 1.03. The summed E-state index contributed by atoms with van der Waals surface area (Å²) in [5.74, 6) is -1.29. The Balaban J connectivity index is 1.54. The number of carbonyl (C=O) groups is 2. The predicted molar refractivity (Wildman–Crippen MR) is 119 cm³/mol. The molecule has 7 nitrogen and oxygen atoms in total. The third kappa shape index (κ3) is 3.80. The number of fused-ring (bicyclic) bond motifs is 1. The second kappa shape index (κ2) is 7.97. The third-order valence-electron chi connectivity index (χ3n) is 6.35. The number of sulfonamides is 1. The fourth-order valence-electron chi connectivity index (χ4n) is 4.41. The van der Waals surface area contributed by atoms with Gasteiger partial charge in [0.05, 0.1) is 16.2 Å². The maximum absolute atomic E-state index is 13.4. The van der Waals surface area contributed by atoms with E-state index in [4.69, 9.17) is 0 Å². The van der Waals surface area contributed by atoms with Crippen molar-refractivity contribution in [3.63, 3.8) is 0 Å². The van der Waals surface area contributed by atoms with Crippen LogP contribution in [0, 0.1) is 11.7 Å². The van der Waals surface area contributed by atoms with Crippen LogP contribution in [-0.4, -0.2) is 44.7 Å². The summed E-state index contributed by atoms with van der Waals surface area (Å²) in [6.45, 7) is 3.95. The number of nitrogens with one attached hydrogen (secondary N) is 1. The highest BCUT2D eigenvalue weighted by atomic mass is 32.2. The Bertz CT molecular complexity index is 1180. The molecule has 0 bridgehead atoms. The molecule has 1 saturated heterocycles. The number of likely N-dealkylation sites (N-methyl/N-ethyl adjacent to an activating group) is 1. The number of amides is 2. The summed E-state index contributed by atoms with van der Waals surface area (Å²) < 4.78 is 41.2. The van der Waals surface area contributed by atoms with E-state index in [-0.39, 0.29) is 23.3 Å². The summed E-state index contributed by atoms with van der Waals surface area (Å²) in [4.78, 5) is 26.9. The molecule has 32 heavy (non-hydrogen) atoms. The van der Waals surface area contributed by atoms with E-state index in [1.54, 1.807) is 37.9 Å². The van der Waals surface area contributed by atoms with Crippen molar-refractivity contribution in [3.05, 3.63) is 53.8 Å². The molecule has 9 heteroatoms. The highest BCUT2D eigenvalue weighted by Gasteiger charge is 2.43. The van der Waals surface area contributed by atoms with E-state index in [9.17, 15) is 22.4 Å². The lowest BCUT2D eigenvalue weighted by Gasteiger charge is -2.31. The zero-order chi connectivity index (χ0) is 23.3. The molecule has 1 N–H and O–H groups in total. The van der Waals surface area contributed by atoms with Crippen LogP contribution in [0.4, 0.5) is 15.8 Å². The molecule has 2 aliphatic rings. The minimum atomic E-state index is -3.84. The van der Waals surface area contributed by atoms with E-state index in [1.807, 2.05) is 0 Å². The molecule has 0 spiro atoms. The van der Waals surface area contributed by atoms with Crippen LogP contribution in [0.3, 0.4) is 0 Å².